The molecular weight excluding hydrogens is 402 g/mol. The van der Waals surface area contributed by atoms with Crippen molar-refractivity contribution in [3.63, 3.8) is 0 Å². The summed E-state index contributed by atoms with van der Waals surface area (Å²) in [6, 6.07) is 8.44. The number of rotatable bonds is 6. The standard InChI is InChI=1S/C15H17Br2NOS/c1-3-6-18-9-10-4-5-15(20-10)11-7-14(19-2)13(17)8-12(11)16/h4-5,7-8,18H,3,6,9H2,1-2H3. The summed E-state index contributed by atoms with van der Waals surface area (Å²) in [6.07, 6.45) is 1.16. The predicted molar refractivity (Wildman–Crippen MR) is 93.7 cm³/mol. The Hall–Kier alpha value is -0.360. The van der Waals surface area contributed by atoms with Gasteiger partial charge in [-0.1, -0.05) is 22.9 Å². The van der Waals surface area contributed by atoms with Gasteiger partial charge in [0.1, 0.15) is 5.75 Å². The molecule has 0 bridgehead atoms. The van der Waals surface area contributed by atoms with Crippen LogP contribution in [-0.2, 0) is 6.54 Å². The maximum atomic E-state index is 5.37. The highest BCUT2D eigenvalue weighted by molar-refractivity contribution is 9.11. The summed E-state index contributed by atoms with van der Waals surface area (Å²) in [7, 11) is 1.69. The molecule has 0 saturated heterocycles. The van der Waals surface area contributed by atoms with Crippen molar-refractivity contribution in [2.24, 2.45) is 0 Å². The van der Waals surface area contributed by atoms with Crippen molar-refractivity contribution in [2.75, 3.05) is 13.7 Å². The summed E-state index contributed by atoms with van der Waals surface area (Å²) in [4.78, 5) is 2.60. The van der Waals surface area contributed by atoms with Gasteiger partial charge in [0.05, 0.1) is 11.6 Å². The molecule has 0 amide bonds. The van der Waals surface area contributed by atoms with Crippen LogP contribution >= 0.6 is 43.2 Å². The molecule has 0 fully saturated rings. The average Bonchev–Trinajstić information content (AvgIpc) is 2.88. The summed E-state index contributed by atoms with van der Waals surface area (Å²) in [5.74, 6) is 0.849. The molecule has 1 N–H and O–H groups in total. The summed E-state index contributed by atoms with van der Waals surface area (Å²) < 4.78 is 7.40. The Balaban J connectivity index is 2.23. The Morgan fingerprint density at radius 2 is 2.00 bits per heavy atom. The number of hydrogen-bond donors (Lipinski definition) is 1. The van der Waals surface area contributed by atoms with E-state index in [4.69, 9.17) is 4.74 Å². The van der Waals surface area contributed by atoms with Crippen LogP contribution in [0.15, 0.2) is 33.2 Å². The van der Waals surface area contributed by atoms with Gasteiger partial charge in [-0.3, -0.25) is 0 Å². The Labute approximate surface area is 140 Å². The zero-order valence-electron chi connectivity index (χ0n) is 11.5. The first-order valence-electron chi connectivity index (χ1n) is 6.48. The van der Waals surface area contributed by atoms with Crippen LogP contribution in [0, 0.1) is 0 Å². The Bertz CT molecular complexity index is 583. The summed E-state index contributed by atoms with van der Waals surface area (Å²) in [5.41, 5.74) is 1.16. The first-order chi connectivity index (χ1) is 9.65. The Kier molecular flexibility index (Phi) is 6.08. The van der Waals surface area contributed by atoms with Gasteiger partial charge >= 0.3 is 0 Å². The molecule has 108 valence electrons. The molecule has 5 heteroatoms. The lowest BCUT2D eigenvalue weighted by Crippen LogP contribution is -2.12. The number of hydrogen-bond acceptors (Lipinski definition) is 3. The first kappa shape index (κ1) is 16.0. The topological polar surface area (TPSA) is 21.3 Å². The molecule has 20 heavy (non-hydrogen) atoms. The third-order valence-electron chi connectivity index (χ3n) is 2.89. The molecule has 0 aliphatic heterocycles. The van der Waals surface area contributed by atoms with E-state index < -0.39 is 0 Å². The van der Waals surface area contributed by atoms with E-state index in [1.807, 2.05) is 17.4 Å². The SMILES string of the molecule is CCCNCc1ccc(-c2cc(OC)c(Br)cc2Br)s1. The van der Waals surface area contributed by atoms with Crippen LogP contribution in [0.2, 0.25) is 0 Å². The van der Waals surface area contributed by atoms with Crippen molar-refractivity contribution in [3.05, 3.63) is 38.1 Å². The number of ether oxygens (including phenoxy) is 1. The van der Waals surface area contributed by atoms with E-state index >= 15 is 0 Å². The maximum Gasteiger partial charge on any atom is 0.133 e. The Morgan fingerprint density at radius 3 is 2.70 bits per heavy atom. The average molecular weight is 419 g/mol. The fourth-order valence-corrected chi connectivity index (χ4v) is 4.39. The normalized spacial score (nSPS) is 10.8. The predicted octanol–water partition coefficient (Wildman–Crippen LogP) is 5.45. The number of thiophene rings is 1. The van der Waals surface area contributed by atoms with Gasteiger partial charge in [-0.15, -0.1) is 11.3 Å². The van der Waals surface area contributed by atoms with Crippen molar-refractivity contribution in [3.8, 4) is 16.2 Å². The van der Waals surface area contributed by atoms with Crippen molar-refractivity contribution in [1.82, 2.24) is 5.32 Å². The molecule has 0 spiro atoms. The van der Waals surface area contributed by atoms with Crippen LogP contribution < -0.4 is 10.1 Å². The number of halogens is 2. The Morgan fingerprint density at radius 1 is 1.20 bits per heavy atom. The van der Waals surface area contributed by atoms with Crippen molar-refractivity contribution >= 4 is 43.2 Å². The fourth-order valence-electron chi connectivity index (χ4n) is 1.88. The highest BCUT2D eigenvalue weighted by atomic mass is 79.9. The molecule has 1 aromatic heterocycles. The minimum atomic E-state index is 0.849. The zero-order valence-corrected chi connectivity index (χ0v) is 15.5. The molecule has 1 aromatic carbocycles. The fraction of sp³-hybridized carbons (Fsp3) is 0.333. The van der Waals surface area contributed by atoms with Gasteiger partial charge in [-0.25, -0.2) is 0 Å². The number of benzene rings is 1. The van der Waals surface area contributed by atoms with Crippen LogP contribution in [0.4, 0.5) is 0 Å². The molecule has 2 nitrogen and oxygen atoms in total. The monoisotopic (exact) mass is 417 g/mol. The van der Waals surface area contributed by atoms with Gasteiger partial charge in [0, 0.05) is 26.3 Å². The summed E-state index contributed by atoms with van der Waals surface area (Å²) >= 11 is 8.94. The summed E-state index contributed by atoms with van der Waals surface area (Å²) in [6.45, 7) is 4.17. The lowest BCUT2D eigenvalue weighted by atomic mass is 10.2. The second-order valence-corrected chi connectivity index (χ2v) is 7.29. The summed E-state index contributed by atoms with van der Waals surface area (Å²) in [5, 5.41) is 3.43. The highest BCUT2D eigenvalue weighted by Crippen LogP contribution is 2.39. The van der Waals surface area contributed by atoms with Gasteiger partial charge in [0.15, 0.2) is 0 Å². The van der Waals surface area contributed by atoms with Gasteiger partial charge < -0.3 is 10.1 Å². The largest absolute Gasteiger partial charge is 0.496 e. The third kappa shape index (κ3) is 3.85. The molecule has 0 radical (unpaired) electrons. The van der Waals surface area contributed by atoms with E-state index in [1.54, 1.807) is 7.11 Å². The van der Waals surface area contributed by atoms with E-state index in [1.165, 1.54) is 9.75 Å². The van der Waals surface area contributed by atoms with E-state index in [0.29, 0.717) is 0 Å². The van der Waals surface area contributed by atoms with Crippen molar-refractivity contribution in [1.29, 1.82) is 0 Å². The van der Waals surface area contributed by atoms with E-state index in [-0.39, 0.29) is 0 Å². The molecule has 0 aliphatic carbocycles. The molecule has 0 unspecified atom stereocenters. The molecule has 0 saturated carbocycles. The molecule has 1 heterocycles. The second kappa shape index (κ2) is 7.59. The molecular formula is C15H17Br2NOS. The highest BCUT2D eigenvalue weighted by Gasteiger charge is 2.11. The maximum absolute atomic E-state index is 5.37. The lowest BCUT2D eigenvalue weighted by molar-refractivity contribution is 0.412. The van der Waals surface area contributed by atoms with Crippen LogP contribution in [-0.4, -0.2) is 13.7 Å². The van der Waals surface area contributed by atoms with E-state index in [9.17, 15) is 0 Å². The third-order valence-corrected chi connectivity index (χ3v) is 5.29. The van der Waals surface area contributed by atoms with Gasteiger partial charge in [0.25, 0.3) is 0 Å². The molecule has 0 aliphatic rings. The van der Waals surface area contributed by atoms with E-state index in [0.717, 1.165) is 39.8 Å². The minimum Gasteiger partial charge on any atom is -0.496 e. The van der Waals surface area contributed by atoms with Gasteiger partial charge in [0.2, 0.25) is 0 Å². The van der Waals surface area contributed by atoms with Crippen molar-refractivity contribution < 1.29 is 4.74 Å². The number of nitrogens with one attached hydrogen (secondary N) is 1. The van der Waals surface area contributed by atoms with Gasteiger partial charge in [-0.05, 0) is 53.2 Å². The first-order valence-corrected chi connectivity index (χ1v) is 8.88. The van der Waals surface area contributed by atoms with Crippen LogP contribution in [0.5, 0.6) is 5.75 Å². The lowest BCUT2D eigenvalue weighted by Gasteiger charge is -2.08. The minimum absolute atomic E-state index is 0.849. The van der Waals surface area contributed by atoms with Crippen LogP contribution in [0.1, 0.15) is 18.2 Å². The van der Waals surface area contributed by atoms with Crippen LogP contribution in [0.25, 0.3) is 10.4 Å². The van der Waals surface area contributed by atoms with Crippen LogP contribution in [0.3, 0.4) is 0 Å². The number of methoxy groups -OCH3 is 1. The van der Waals surface area contributed by atoms with Gasteiger partial charge in [-0.2, -0.15) is 0 Å². The quantitative estimate of drug-likeness (QED) is 0.629. The second-order valence-electron chi connectivity index (χ2n) is 4.41. The zero-order chi connectivity index (χ0) is 14.5. The smallest absolute Gasteiger partial charge is 0.133 e. The molecule has 2 rings (SSSR count). The van der Waals surface area contributed by atoms with E-state index in [2.05, 4.69) is 62.3 Å². The molecule has 2 aromatic rings. The van der Waals surface area contributed by atoms with Crippen molar-refractivity contribution in [2.45, 2.75) is 19.9 Å². The molecule has 0 atom stereocenters.